The molecule has 0 saturated carbocycles. The Kier molecular flexibility index (Phi) is 6.35. The SMILES string of the molecule is N#Cc1c(F)cccc1N1CCN(C(=O)C2CCCN(C(=O)c3ccc(F)cc3)C2)CC1. The van der Waals surface area contributed by atoms with E-state index in [0.29, 0.717) is 56.9 Å². The first-order valence-electron chi connectivity index (χ1n) is 10.7. The topological polar surface area (TPSA) is 67.7 Å². The summed E-state index contributed by atoms with van der Waals surface area (Å²) in [6.07, 6.45) is 1.45. The molecule has 0 aliphatic carbocycles. The number of hydrogen-bond acceptors (Lipinski definition) is 4. The second kappa shape index (κ2) is 9.35. The number of nitrogens with zero attached hydrogens (tertiary/aromatic N) is 4. The third-order valence-electron chi connectivity index (χ3n) is 6.18. The summed E-state index contributed by atoms with van der Waals surface area (Å²) in [5.41, 5.74) is 0.986. The highest BCUT2D eigenvalue weighted by Crippen LogP contribution is 2.25. The third kappa shape index (κ3) is 4.42. The van der Waals surface area contributed by atoms with Crippen LogP contribution in [0.2, 0.25) is 0 Å². The fourth-order valence-electron chi connectivity index (χ4n) is 4.45. The number of carbonyl (C=O) groups is 2. The lowest BCUT2D eigenvalue weighted by atomic mass is 9.95. The van der Waals surface area contributed by atoms with Crippen molar-refractivity contribution in [3.8, 4) is 6.07 Å². The summed E-state index contributed by atoms with van der Waals surface area (Å²) >= 11 is 0. The van der Waals surface area contributed by atoms with Gasteiger partial charge in [-0.05, 0) is 49.2 Å². The molecule has 1 atom stereocenters. The van der Waals surface area contributed by atoms with Crippen molar-refractivity contribution in [3.63, 3.8) is 0 Å². The number of likely N-dealkylation sites (tertiary alicyclic amines) is 1. The number of piperazine rings is 1. The number of hydrogen-bond donors (Lipinski definition) is 0. The largest absolute Gasteiger partial charge is 0.367 e. The summed E-state index contributed by atoms with van der Waals surface area (Å²) in [5.74, 6) is -1.39. The van der Waals surface area contributed by atoms with Crippen LogP contribution in [-0.4, -0.2) is 60.9 Å². The van der Waals surface area contributed by atoms with Gasteiger partial charge in [0.05, 0.1) is 11.6 Å². The first-order valence-corrected chi connectivity index (χ1v) is 10.7. The standard InChI is InChI=1S/C24H24F2N4O2/c25-19-8-6-17(7-9-19)23(31)30-10-2-3-18(16-30)24(32)29-13-11-28(12-14-29)22-5-1-4-21(26)20(22)15-27/h1,4-9,18H,2-3,10-14,16H2. The molecule has 1 unspecified atom stereocenters. The van der Waals surface area contributed by atoms with Gasteiger partial charge in [-0.2, -0.15) is 5.26 Å². The molecule has 6 nitrogen and oxygen atoms in total. The minimum Gasteiger partial charge on any atom is -0.367 e. The minimum atomic E-state index is -0.545. The zero-order valence-electron chi connectivity index (χ0n) is 17.6. The molecule has 2 saturated heterocycles. The van der Waals surface area contributed by atoms with Gasteiger partial charge in [0.1, 0.15) is 23.3 Å². The average Bonchev–Trinajstić information content (AvgIpc) is 2.83. The normalized spacial score (nSPS) is 18.9. The van der Waals surface area contributed by atoms with Crippen LogP contribution in [0.1, 0.15) is 28.8 Å². The van der Waals surface area contributed by atoms with Crippen molar-refractivity contribution in [2.75, 3.05) is 44.2 Å². The van der Waals surface area contributed by atoms with E-state index in [1.165, 1.54) is 30.3 Å². The van der Waals surface area contributed by atoms with Gasteiger partial charge in [0, 0.05) is 44.8 Å². The molecule has 32 heavy (non-hydrogen) atoms. The Hall–Kier alpha value is -3.47. The zero-order valence-corrected chi connectivity index (χ0v) is 17.6. The Morgan fingerprint density at radius 3 is 2.34 bits per heavy atom. The van der Waals surface area contributed by atoms with Gasteiger partial charge in [-0.15, -0.1) is 0 Å². The Morgan fingerprint density at radius 1 is 0.938 bits per heavy atom. The zero-order chi connectivity index (χ0) is 22.7. The van der Waals surface area contributed by atoms with E-state index >= 15 is 0 Å². The molecule has 0 spiro atoms. The van der Waals surface area contributed by atoms with Crippen molar-refractivity contribution in [1.82, 2.24) is 9.80 Å². The molecule has 2 aromatic rings. The van der Waals surface area contributed by atoms with E-state index < -0.39 is 11.6 Å². The monoisotopic (exact) mass is 438 g/mol. The molecule has 4 rings (SSSR count). The maximum atomic E-state index is 13.9. The Bertz CT molecular complexity index is 1040. The van der Waals surface area contributed by atoms with E-state index in [2.05, 4.69) is 0 Å². The molecule has 0 aromatic heterocycles. The van der Waals surface area contributed by atoms with Crippen LogP contribution in [0.4, 0.5) is 14.5 Å². The Morgan fingerprint density at radius 2 is 1.66 bits per heavy atom. The second-order valence-corrected chi connectivity index (χ2v) is 8.16. The van der Waals surface area contributed by atoms with Crippen LogP contribution in [0, 0.1) is 28.9 Å². The number of amides is 2. The summed E-state index contributed by atoms with van der Waals surface area (Å²) in [4.78, 5) is 31.3. The highest BCUT2D eigenvalue weighted by atomic mass is 19.1. The minimum absolute atomic E-state index is 0.0148. The smallest absolute Gasteiger partial charge is 0.253 e. The summed E-state index contributed by atoms with van der Waals surface area (Å²) < 4.78 is 27.1. The van der Waals surface area contributed by atoms with Crippen molar-refractivity contribution in [2.45, 2.75) is 12.8 Å². The molecule has 2 aliphatic rings. The number of anilines is 1. The maximum Gasteiger partial charge on any atom is 0.253 e. The van der Waals surface area contributed by atoms with Gasteiger partial charge in [-0.25, -0.2) is 8.78 Å². The van der Waals surface area contributed by atoms with Crippen molar-refractivity contribution >= 4 is 17.5 Å². The van der Waals surface area contributed by atoms with Crippen LogP contribution < -0.4 is 4.90 Å². The van der Waals surface area contributed by atoms with Gasteiger partial charge in [0.25, 0.3) is 5.91 Å². The summed E-state index contributed by atoms with van der Waals surface area (Å²) in [6.45, 7) is 2.89. The fraction of sp³-hybridized carbons (Fsp3) is 0.375. The number of piperidine rings is 1. The van der Waals surface area contributed by atoms with Gasteiger partial charge in [0.15, 0.2) is 0 Å². The third-order valence-corrected chi connectivity index (χ3v) is 6.18. The van der Waals surface area contributed by atoms with Crippen LogP contribution >= 0.6 is 0 Å². The van der Waals surface area contributed by atoms with Crippen LogP contribution in [0.25, 0.3) is 0 Å². The number of carbonyl (C=O) groups excluding carboxylic acids is 2. The summed E-state index contributed by atoms with van der Waals surface area (Å²) in [5, 5.41) is 9.27. The highest BCUT2D eigenvalue weighted by molar-refractivity contribution is 5.94. The lowest BCUT2D eigenvalue weighted by Gasteiger charge is -2.40. The molecule has 166 valence electrons. The van der Waals surface area contributed by atoms with Gasteiger partial charge < -0.3 is 14.7 Å². The van der Waals surface area contributed by atoms with Crippen molar-refractivity contribution < 1.29 is 18.4 Å². The van der Waals surface area contributed by atoms with Gasteiger partial charge in [0.2, 0.25) is 5.91 Å². The molecule has 0 radical (unpaired) electrons. The van der Waals surface area contributed by atoms with E-state index in [1.54, 1.807) is 21.9 Å². The molecule has 0 bridgehead atoms. The average molecular weight is 438 g/mol. The first-order chi connectivity index (χ1) is 15.5. The predicted molar refractivity (Wildman–Crippen MR) is 115 cm³/mol. The van der Waals surface area contributed by atoms with Gasteiger partial charge in [-0.3, -0.25) is 9.59 Å². The molecule has 2 heterocycles. The summed E-state index contributed by atoms with van der Waals surface area (Å²) in [7, 11) is 0. The van der Waals surface area contributed by atoms with E-state index in [1.807, 2.05) is 11.0 Å². The highest BCUT2D eigenvalue weighted by Gasteiger charge is 2.33. The fourth-order valence-corrected chi connectivity index (χ4v) is 4.45. The molecule has 2 aliphatic heterocycles. The van der Waals surface area contributed by atoms with E-state index in [9.17, 15) is 23.6 Å². The summed E-state index contributed by atoms with van der Waals surface area (Å²) in [6, 6.07) is 11.9. The van der Waals surface area contributed by atoms with Crippen LogP contribution in [0.15, 0.2) is 42.5 Å². The predicted octanol–water partition coefficient (Wildman–Crippen LogP) is 3.04. The van der Waals surface area contributed by atoms with Gasteiger partial charge in [-0.1, -0.05) is 6.07 Å². The van der Waals surface area contributed by atoms with E-state index in [-0.39, 0.29) is 23.3 Å². The maximum absolute atomic E-state index is 13.9. The molecular formula is C24H24F2N4O2. The lowest BCUT2D eigenvalue weighted by molar-refractivity contribution is -0.137. The van der Waals surface area contributed by atoms with Crippen LogP contribution in [0.3, 0.4) is 0 Å². The van der Waals surface area contributed by atoms with E-state index in [0.717, 1.165) is 6.42 Å². The van der Waals surface area contributed by atoms with Crippen LogP contribution in [-0.2, 0) is 4.79 Å². The van der Waals surface area contributed by atoms with Crippen molar-refractivity contribution in [2.24, 2.45) is 5.92 Å². The van der Waals surface area contributed by atoms with E-state index in [4.69, 9.17) is 0 Å². The Balaban J connectivity index is 1.37. The molecule has 8 heteroatoms. The second-order valence-electron chi connectivity index (χ2n) is 8.16. The molecular weight excluding hydrogens is 414 g/mol. The van der Waals surface area contributed by atoms with Crippen molar-refractivity contribution in [1.29, 1.82) is 5.26 Å². The van der Waals surface area contributed by atoms with Gasteiger partial charge >= 0.3 is 0 Å². The van der Waals surface area contributed by atoms with Crippen molar-refractivity contribution in [3.05, 3.63) is 65.2 Å². The lowest BCUT2D eigenvalue weighted by Crippen LogP contribution is -2.53. The van der Waals surface area contributed by atoms with Crippen LogP contribution in [0.5, 0.6) is 0 Å². The molecule has 0 N–H and O–H groups in total. The number of benzene rings is 2. The quantitative estimate of drug-likeness (QED) is 0.739. The first kappa shape index (κ1) is 21.8. The number of nitriles is 1. The number of rotatable bonds is 3. The number of halogens is 2. The molecule has 2 aromatic carbocycles. The molecule has 2 amide bonds. The Labute approximate surface area is 185 Å². The molecule has 2 fully saturated rings.